The molecular weight excluding hydrogens is 380 g/mol. The highest BCUT2D eigenvalue weighted by atomic mass is 19.1. The molecule has 0 bridgehead atoms. The second-order valence-electron chi connectivity index (χ2n) is 6.77. The molecule has 4 aromatic rings. The molecule has 1 aromatic heterocycles. The number of nitrogens with zero attached hydrogens (tertiary/aromatic N) is 2. The van der Waals surface area contributed by atoms with Crippen LogP contribution in [0, 0.1) is 23.3 Å². The first-order valence-electron chi connectivity index (χ1n) is 8.91. The number of para-hydroxylation sites is 1. The summed E-state index contributed by atoms with van der Waals surface area (Å²) >= 11 is 0. The first-order chi connectivity index (χ1) is 13.9. The van der Waals surface area contributed by atoms with Crippen molar-refractivity contribution < 1.29 is 17.6 Å². The molecule has 0 unspecified atom stereocenters. The van der Waals surface area contributed by atoms with Crippen LogP contribution in [0.1, 0.15) is 18.1 Å². The van der Waals surface area contributed by atoms with E-state index in [9.17, 15) is 17.6 Å². The zero-order valence-electron chi connectivity index (χ0n) is 15.5. The molecule has 0 aliphatic rings. The topological polar surface area (TPSA) is 17.8 Å². The number of allylic oxidation sites excluding steroid dienone is 1. The molecule has 29 heavy (non-hydrogen) atoms. The molecule has 0 spiro atoms. The summed E-state index contributed by atoms with van der Waals surface area (Å²) in [6.45, 7) is 5.42. The van der Waals surface area contributed by atoms with Gasteiger partial charge in [-0.05, 0) is 42.8 Å². The van der Waals surface area contributed by atoms with Crippen LogP contribution in [-0.2, 0) is 6.54 Å². The van der Waals surface area contributed by atoms with Crippen molar-refractivity contribution in [1.82, 2.24) is 9.55 Å². The number of hydrogen-bond donors (Lipinski definition) is 0. The number of aromatic nitrogens is 2. The van der Waals surface area contributed by atoms with Gasteiger partial charge in [-0.15, -0.1) is 0 Å². The minimum Gasteiger partial charge on any atom is -0.319 e. The van der Waals surface area contributed by atoms with E-state index in [-0.39, 0.29) is 23.5 Å². The lowest BCUT2D eigenvalue weighted by atomic mass is 10.1. The van der Waals surface area contributed by atoms with Crippen molar-refractivity contribution >= 4 is 16.6 Å². The predicted octanol–water partition coefficient (Wildman–Crippen LogP) is 6.34. The largest absolute Gasteiger partial charge is 0.319 e. The Morgan fingerprint density at radius 2 is 1.41 bits per heavy atom. The number of hydrogen-bond acceptors (Lipinski definition) is 1. The fourth-order valence-corrected chi connectivity index (χ4v) is 3.40. The summed E-state index contributed by atoms with van der Waals surface area (Å²) in [7, 11) is 0. The van der Waals surface area contributed by atoms with Crippen molar-refractivity contribution in [3.05, 3.63) is 95.6 Å². The first-order valence-corrected chi connectivity index (χ1v) is 8.91. The SMILES string of the molecule is C=C(C)c1cccc2c1nc(-c1c(F)cccc1F)n2Cc1c(F)cccc1F. The van der Waals surface area contributed by atoms with E-state index in [1.54, 1.807) is 25.1 Å². The van der Waals surface area contributed by atoms with E-state index < -0.39 is 23.3 Å². The van der Waals surface area contributed by atoms with Gasteiger partial charge in [0, 0.05) is 11.1 Å². The smallest absolute Gasteiger partial charge is 0.147 e. The van der Waals surface area contributed by atoms with Crippen LogP contribution in [0.3, 0.4) is 0 Å². The van der Waals surface area contributed by atoms with Crippen molar-refractivity contribution in [2.45, 2.75) is 13.5 Å². The lowest BCUT2D eigenvalue weighted by molar-refractivity contribution is 0.546. The standard InChI is InChI=1S/C23H16F4N2/c1-13(2)14-6-3-11-20-22(14)28-23(21-18(26)9-5-10-19(21)27)29(20)12-15-16(24)7-4-8-17(15)25/h3-11H,1,12H2,2H3. The Morgan fingerprint density at radius 3 is 2.00 bits per heavy atom. The van der Waals surface area contributed by atoms with E-state index in [2.05, 4.69) is 11.6 Å². The third kappa shape index (κ3) is 3.20. The van der Waals surface area contributed by atoms with Crippen molar-refractivity contribution in [1.29, 1.82) is 0 Å². The number of rotatable bonds is 4. The lowest BCUT2D eigenvalue weighted by Gasteiger charge is -2.12. The maximum Gasteiger partial charge on any atom is 0.147 e. The zero-order chi connectivity index (χ0) is 20.7. The minimum atomic E-state index is -0.813. The molecule has 0 N–H and O–H groups in total. The van der Waals surface area contributed by atoms with Crippen LogP contribution in [-0.4, -0.2) is 9.55 Å². The number of fused-ring (bicyclic) bond motifs is 1. The van der Waals surface area contributed by atoms with Gasteiger partial charge in [0.25, 0.3) is 0 Å². The minimum absolute atomic E-state index is 0.0491. The average molecular weight is 396 g/mol. The van der Waals surface area contributed by atoms with Crippen LogP contribution < -0.4 is 0 Å². The summed E-state index contributed by atoms with van der Waals surface area (Å²) < 4.78 is 59.1. The summed E-state index contributed by atoms with van der Waals surface area (Å²) in [5, 5.41) is 0. The Hall–Kier alpha value is -3.41. The summed E-state index contributed by atoms with van der Waals surface area (Å²) in [5.41, 5.74) is 1.77. The fourth-order valence-electron chi connectivity index (χ4n) is 3.40. The molecule has 146 valence electrons. The normalized spacial score (nSPS) is 11.2. The molecule has 0 atom stereocenters. The van der Waals surface area contributed by atoms with Crippen LogP contribution in [0.5, 0.6) is 0 Å². The summed E-state index contributed by atoms with van der Waals surface area (Å²) in [6.07, 6.45) is 0. The lowest BCUT2D eigenvalue weighted by Crippen LogP contribution is -2.08. The number of benzene rings is 3. The summed E-state index contributed by atoms with van der Waals surface area (Å²) in [6, 6.07) is 12.2. The number of imidazole rings is 1. The highest BCUT2D eigenvalue weighted by Crippen LogP contribution is 2.33. The molecule has 0 amide bonds. The molecule has 0 fully saturated rings. The Balaban J connectivity index is 2.06. The van der Waals surface area contributed by atoms with E-state index in [1.165, 1.54) is 16.7 Å². The average Bonchev–Trinajstić information content (AvgIpc) is 3.02. The van der Waals surface area contributed by atoms with Crippen LogP contribution in [0.25, 0.3) is 28.0 Å². The Morgan fingerprint density at radius 1 is 0.862 bits per heavy atom. The van der Waals surface area contributed by atoms with Crippen molar-refractivity contribution in [3.63, 3.8) is 0 Å². The van der Waals surface area contributed by atoms with Gasteiger partial charge in [-0.2, -0.15) is 0 Å². The molecule has 0 radical (unpaired) electrons. The van der Waals surface area contributed by atoms with E-state index in [4.69, 9.17) is 0 Å². The molecule has 0 aliphatic heterocycles. The van der Waals surface area contributed by atoms with Crippen molar-refractivity contribution in [2.75, 3.05) is 0 Å². The zero-order valence-corrected chi connectivity index (χ0v) is 15.5. The number of halogens is 4. The molecule has 0 aliphatic carbocycles. The Labute approximate surface area is 164 Å². The van der Waals surface area contributed by atoms with Crippen molar-refractivity contribution in [3.8, 4) is 11.4 Å². The maximum atomic E-state index is 14.5. The highest BCUT2D eigenvalue weighted by molar-refractivity contribution is 5.91. The van der Waals surface area contributed by atoms with Gasteiger partial charge in [-0.25, -0.2) is 22.5 Å². The monoisotopic (exact) mass is 396 g/mol. The summed E-state index contributed by atoms with van der Waals surface area (Å²) in [4.78, 5) is 4.46. The second kappa shape index (κ2) is 7.20. The molecule has 0 saturated carbocycles. The molecule has 2 nitrogen and oxygen atoms in total. The Bertz CT molecular complexity index is 1220. The third-order valence-electron chi connectivity index (χ3n) is 4.80. The summed E-state index contributed by atoms with van der Waals surface area (Å²) in [5.74, 6) is -3.17. The van der Waals surface area contributed by atoms with Gasteiger partial charge in [0.2, 0.25) is 0 Å². The van der Waals surface area contributed by atoms with E-state index in [0.29, 0.717) is 22.2 Å². The van der Waals surface area contributed by atoms with E-state index in [1.807, 2.05) is 0 Å². The highest BCUT2D eigenvalue weighted by Gasteiger charge is 2.22. The van der Waals surface area contributed by atoms with Crippen LogP contribution >= 0.6 is 0 Å². The molecule has 6 heteroatoms. The molecular formula is C23H16F4N2. The van der Waals surface area contributed by atoms with Gasteiger partial charge in [0.15, 0.2) is 0 Å². The van der Waals surface area contributed by atoms with Crippen molar-refractivity contribution in [2.24, 2.45) is 0 Å². The van der Waals surface area contributed by atoms with Gasteiger partial charge >= 0.3 is 0 Å². The van der Waals surface area contributed by atoms with E-state index in [0.717, 1.165) is 24.3 Å². The predicted molar refractivity (Wildman–Crippen MR) is 105 cm³/mol. The third-order valence-corrected chi connectivity index (χ3v) is 4.80. The van der Waals surface area contributed by atoms with E-state index >= 15 is 0 Å². The van der Waals surface area contributed by atoms with Gasteiger partial charge in [-0.1, -0.05) is 30.8 Å². The van der Waals surface area contributed by atoms with Gasteiger partial charge in [-0.3, -0.25) is 0 Å². The van der Waals surface area contributed by atoms with Gasteiger partial charge < -0.3 is 4.57 Å². The molecule has 4 rings (SSSR count). The molecule has 1 heterocycles. The first kappa shape index (κ1) is 18.9. The van der Waals surface area contributed by atoms with Crippen LogP contribution in [0.4, 0.5) is 17.6 Å². The second-order valence-corrected chi connectivity index (χ2v) is 6.77. The van der Waals surface area contributed by atoms with Crippen LogP contribution in [0.15, 0.2) is 61.2 Å². The molecule has 3 aromatic carbocycles. The Kier molecular flexibility index (Phi) is 4.70. The van der Waals surface area contributed by atoms with Gasteiger partial charge in [0.1, 0.15) is 29.1 Å². The quantitative estimate of drug-likeness (QED) is 0.368. The molecule has 0 saturated heterocycles. The van der Waals surface area contributed by atoms with Crippen LogP contribution in [0.2, 0.25) is 0 Å². The maximum absolute atomic E-state index is 14.5. The fraction of sp³-hybridized carbons (Fsp3) is 0.0870. The van der Waals surface area contributed by atoms with Gasteiger partial charge in [0.05, 0.1) is 23.1 Å².